The number of sulfone groups is 1. The van der Waals surface area contributed by atoms with Gasteiger partial charge < -0.3 is 14.6 Å². The first-order valence-corrected chi connectivity index (χ1v) is 10.0. The van der Waals surface area contributed by atoms with Gasteiger partial charge in [0, 0.05) is 18.8 Å². The molecule has 0 aromatic carbocycles. The number of furan rings is 1. The molecular formula is C17H21N3O4S. The number of carbonyl (C=O) groups is 1. The van der Waals surface area contributed by atoms with Crippen molar-refractivity contribution >= 4 is 21.4 Å². The van der Waals surface area contributed by atoms with Crippen molar-refractivity contribution < 1.29 is 17.6 Å². The number of aromatic nitrogens is 1. The van der Waals surface area contributed by atoms with Gasteiger partial charge in [0.05, 0.1) is 41.8 Å². The fourth-order valence-corrected chi connectivity index (χ4v) is 4.80. The zero-order valence-corrected chi connectivity index (χ0v) is 14.8. The molecule has 1 aliphatic heterocycles. The Labute approximate surface area is 147 Å². The predicted molar refractivity (Wildman–Crippen MR) is 94.2 cm³/mol. The molecule has 3 rings (SSSR count). The molecule has 1 atom stereocenters. The standard InChI is InChI=1S/C17H21N3O4S/c1-2-20(14-5-7-25(22,23)12-14)15-8-13(9-18-10-15)17(21)19-11-16-4-3-6-24-16/h3-4,6,8-10,14H,2,5,7,11-12H2,1H3,(H,19,21). The molecule has 1 unspecified atom stereocenters. The maximum absolute atomic E-state index is 12.3. The molecule has 1 saturated heterocycles. The van der Waals surface area contributed by atoms with E-state index in [0.29, 0.717) is 30.8 Å². The molecule has 0 radical (unpaired) electrons. The molecule has 0 aliphatic carbocycles. The summed E-state index contributed by atoms with van der Waals surface area (Å²) in [5, 5.41) is 2.78. The second-order valence-electron chi connectivity index (χ2n) is 6.04. The summed E-state index contributed by atoms with van der Waals surface area (Å²) in [5.41, 5.74) is 1.19. The van der Waals surface area contributed by atoms with Gasteiger partial charge in [-0.1, -0.05) is 0 Å². The predicted octanol–water partition coefficient (Wildman–Crippen LogP) is 1.62. The molecule has 2 aromatic heterocycles. The van der Waals surface area contributed by atoms with Gasteiger partial charge in [-0.2, -0.15) is 0 Å². The first-order chi connectivity index (χ1) is 12.0. The van der Waals surface area contributed by atoms with E-state index in [0.717, 1.165) is 5.69 Å². The zero-order chi connectivity index (χ0) is 17.9. The summed E-state index contributed by atoms with van der Waals surface area (Å²) < 4.78 is 28.7. The molecule has 0 saturated carbocycles. The Hall–Kier alpha value is -2.35. The maximum atomic E-state index is 12.3. The Bertz CT molecular complexity index is 833. The minimum atomic E-state index is -2.97. The highest BCUT2D eigenvalue weighted by molar-refractivity contribution is 7.91. The van der Waals surface area contributed by atoms with E-state index in [4.69, 9.17) is 4.42 Å². The number of amides is 1. The van der Waals surface area contributed by atoms with Crippen LogP contribution in [0.25, 0.3) is 0 Å². The average molecular weight is 363 g/mol. The van der Waals surface area contributed by atoms with Crippen molar-refractivity contribution in [3.05, 3.63) is 48.2 Å². The van der Waals surface area contributed by atoms with Crippen molar-refractivity contribution in [1.82, 2.24) is 10.3 Å². The smallest absolute Gasteiger partial charge is 0.253 e. The second kappa shape index (κ2) is 7.26. The number of rotatable bonds is 6. The van der Waals surface area contributed by atoms with Crippen molar-refractivity contribution in [2.45, 2.75) is 25.9 Å². The third kappa shape index (κ3) is 4.19. The van der Waals surface area contributed by atoms with Gasteiger partial charge in [0.2, 0.25) is 0 Å². The molecule has 134 valence electrons. The third-order valence-corrected chi connectivity index (χ3v) is 6.06. The summed E-state index contributed by atoms with van der Waals surface area (Å²) in [5.74, 6) is 0.783. The lowest BCUT2D eigenvalue weighted by molar-refractivity contribution is 0.0947. The summed E-state index contributed by atoms with van der Waals surface area (Å²) in [6.07, 6.45) is 5.32. The largest absolute Gasteiger partial charge is 0.467 e. The van der Waals surface area contributed by atoms with Crippen LogP contribution < -0.4 is 10.2 Å². The van der Waals surface area contributed by atoms with Gasteiger partial charge in [-0.25, -0.2) is 8.42 Å². The number of nitrogens with one attached hydrogen (secondary N) is 1. The quantitative estimate of drug-likeness (QED) is 0.838. The molecule has 8 heteroatoms. The van der Waals surface area contributed by atoms with E-state index in [2.05, 4.69) is 10.3 Å². The average Bonchev–Trinajstić information content (AvgIpc) is 3.23. The summed E-state index contributed by atoms with van der Waals surface area (Å²) in [6, 6.07) is 5.23. The fourth-order valence-electron chi connectivity index (χ4n) is 3.06. The lowest BCUT2D eigenvalue weighted by Gasteiger charge is -2.29. The Morgan fingerprint density at radius 3 is 2.92 bits per heavy atom. The Morgan fingerprint density at radius 1 is 1.44 bits per heavy atom. The highest BCUT2D eigenvalue weighted by Gasteiger charge is 2.32. The maximum Gasteiger partial charge on any atom is 0.253 e. The fraction of sp³-hybridized carbons (Fsp3) is 0.412. The summed E-state index contributed by atoms with van der Waals surface area (Å²) in [6.45, 7) is 2.92. The molecule has 0 bridgehead atoms. The van der Waals surface area contributed by atoms with Crippen LogP contribution in [0.15, 0.2) is 41.3 Å². The normalized spacial score (nSPS) is 18.8. The molecule has 1 amide bonds. The van der Waals surface area contributed by atoms with Crippen molar-refractivity contribution in [1.29, 1.82) is 0 Å². The van der Waals surface area contributed by atoms with Gasteiger partial charge in [0.1, 0.15) is 5.76 Å². The number of pyridine rings is 1. The Morgan fingerprint density at radius 2 is 2.28 bits per heavy atom. The van der Waals surface area contributed by atoms with Crippen LogP contribution in [0.5, 0.6) is 0 Å². The Balaban J connectivity index is 1.72. The third-order valence-electron chi connectivity index (χ3n) is 4.31. The van der Waals surface area contributed by atoms with Gasteiger partial charge >= 0.3 is 0 Å². The van der Waals surface area contributed by atoms with Gasteiger partial charge in [0.25, 0.3) is 5.91 Å². The zero-order valence-electron chi connectivity index (χ0n) is 14.0. The van der Waals surface area contributed by atoms with E-state index in [9.17, 15) is 13.2 Å². The van der Waals surface area contributed by atoms with Gasteiger partial charge in [-0.3, -0.25) is 9.78 Å². The highest BCUT2D eigenvalue weighted by atomic mass is 32.2. The first kappa shape index (κ1) is 17.5. The van der Waals surface area contributed by atoms with Crippen molar-refractivity contribution in [3.63, 3.8) is 0 Å². The van der Waals surface area contributed by atoms with E-state index >= 15 is 0 Å². The van der Waals surface area contributed by atoms with E-state index in [-0.39, 0.29) is 23.5 Å². The van der Waals surface area contributed by atoms with Crippen LogP contribution in [0, 0.1) is 0 Å². The lowest BCUT2D eigenvalue weighted by atomic mass is 10.1. The number of hydrogen-bond acceptors (Lipinski definition) is 6. The van der Waals surface area contributed by atoms with Crippen molar-refractivity contribution in [3.8, 4) is 0 Å². The summed E-state index contributed by atoms with van der Waals surface area (Å²) in [7, 11) is -2.97. The van der Waals surface area contributed by atoms with Crippen LogP contribution in [-0.4, -0.2) is 43.4 Å². The van der Waals surface area contributed by atoms with E-state index in [1.165, 1.54) is 6.20 Å². The molecule has 1 fully saturated rings. The molecule has 1 aliphatic rings. The van der Waals surface area contributed by atoms with Crippen LogP contribution in [0.3, 0.4) is 0 Å². The van der Waals surface area contributed by atoms with Gasteiger partial charge in [0.15, 0.2) is 9.84 Å². The van der Waals surface area contributed by atoms with Crippen LogP contribution in [-0.2, 0) is 16.4 Å². The van der Waals surface area contributed by atoms with Crippen LogP contribution in [0.1, 0.15) is 29.5 Å². The van der Waals surface area contributed by atoms with Gasteiger partial charge in [-0.15, -0.1) is 0 Å². The van der Waals surface area contributed by atoms with Gasteiger partial charge in [-0.05, 0) is 31.5 Å². The molecule has 7 nitrogen and oxygen atoms in total. The monoisotopic (exact) mass is 363 g/mol. The number of anilines is 1. The topological polar surface area (TPSA) is 92.5 Å². The van der Waals surface area contributed by atoms with Crippen molar-refractivity contribution in [2.24, 2.45) is 0 Å². The van der Waals surface area contributed by atoms with Crippen molar-refractivity contribution in [2.75, 3.05) is 23.0 Å². The lowest BCUT2D eigenvalue weighted by Crippen LogP contribution is -2.36. The molecule has 0 spiro atoms. The van der Waals surface area contributed by atoms with E-state index < -0.39 is 9.84 Å². The second-order valence-corrected chi connectivity index (χ2v) is 8.27. The molecular weight excluding hydrogens is 342 g/mol. The minimum Gasteiger partial charge on any atom is -0.467 e. The molecule has 3 heterocycles. The summed E-state index contributed by atoms with van der Waals surface area (Å²) in [4.78, 5) is 18.5. The van der Waals surface area contributed by atoms with Crippen LogP contribution >= 0.6 is 0 Å². The Kier molecular flexibility index (Phi) is 5.08. The molecule has 2 aromatic rings. The highest BCUT2D eigenvalue weighted by Crippen LogP contribution is 2.24. The van der Waals surface area contributed by atoms with Crippen LogP contribution in [0.2, 0.25) is 0 Å². The SMILES string of the molecule is CCN(c1cncc(C(=O)NCc2ccco2)c1)C1CCS(=O)(=O)C1. The van der Waals surface area contributed by atoms with E-state index in [1.807, 2.05) is 11.8 Å². The molecule has 1 N–H and O–H groups in total. The number of nitrogens with zero attached hydrogens (tertiary/aromatic N) is 2. The molecule has 25 heavy (non-hydrogen) atoms. The minimum absolute atomic E-state index is 0.0711. The van der Waals surface area contributed by atoms with Crippen LogP contribution in [0.4, 0.5) is 5.69 Å². The first-order valence-electron chi connectivity index (χ1n) is 8.21. The van der Waals surface area contributed by atoms with E-state index in [1.54, 1.807) is 30.7 Å². The summed E-state index contributed by atoms with van der Waals surface area (Å²) >= 11 is 0. The number of hydrogen-bond donors (Lipinski definition) is 1. The number of carbonyl (C=O) groups excluding carboxylic acids is 1.